The van der Waals surface area contributed by atoms with Gasteiger partial charge in [-0.15, -0.1) is 0 Å². The molecule has 0 radical (unpaired) electrons. The van der Waals surface area contributed by atoms with Gasteiger partial charge in [0, 0.05) is 18.4 Å². The zero-order valence-corrected chi connectivity index (χ0v) is 6.80. The van der Waals surface area contributed by atoms with Crippen LogP contribution in [-0.4, -0.2) is 11.6 Å². The van der Waals surface area contributed by atoms with Crippen molar-refractivity contribution in [3.8, 4) is 0 Å². The lowest BCUT2D eigenvalue weighted by Crippen LogP contribution is -2.27. The van der Waals surface area contributed by atoms with Gasteiger partial charge in [-0.1, -0.05) is 13.3 Å². The molecule has 0 amide bonds. The van der Waals surface area contributed by atoms with E-state index < -0.39 is 0 Å². The van der Waals surface area contributed by atoms with Gasteiger partial charge in [-0.25, -0.2) is 5.84 Å². The molecule has 0 aromatic carbocycles. The van der Waals surface area contributed by atoms with Gasteiger partial charge in [0.1, 0.15) is 0 Å². The Labute approximate surface area is 62.6 Å². The number of hydrogen-bond donors (Lipinski definition) is 2. The molecule has 0 aliphatic rings. The van der Waals surface area contributed by atoms with Crippen LogP contribution in [0, 0.1) is 0 Å². The quantitative estimate of drug-likeness (QED) is 0.451. The van der Waals surface area contributed by atoms with E-state index in [0.29, 0.717) is 0 Å². The molecule has 4 N–H and O–H groups in total. The molecular weight excluding hydrogens is 126 g/mol. The molecule has 0 aliphatic heterocycles. The Kier molecular flexibility index (Phi) is 4.76. The molecule has 0 unspecified atom stereocenters. The van der Waals surface area contributed by atoms with Gasteiger partial charge >= 0.3 is 0 Å². The first-order valence-corrected chi connectivity index (χ1v) is 3.62. The maximum atomic E-state index is 5.54. The van der Waals surface area contributed by atoms with Crippen molar-refractivity contribution in [2.24, 2.45) is 11.6 Å². The van der Waals surface area contributed by atoms with Crippen LogP contribution in [0.3, 0.4) is 0 Å². The number of hydrogen-bond acceptors (Lipinski definition) is 3. The van der Waals surface area contributed by atoms with Crippen molar-refractivity contribution in [3.63, 3.8) is 0 Å². The van der Waals surface area contributed by atoms with E-state index >= 15 is 0 Å². The van der Waals surface area contributed by atoms with Gasteiger partial charge < -0.3 is 10.7 Å². The standard InChI is InChI=1S/C7H17N3/c1-3-4-5-10(9)6-7(2)8/h6H,3-5,8-9H2,1-2H3/b7-6-. The summed E-state index contributed by atoms with van der Waals surface area (Å²) < 4.78 is 0. The molecule has 0 bridgehead atoms. The third-order valence-electron chi connectivity index (χ3n) is 1.14. The summed E-state index contributed by atoms with van der Waals surface area (Å²) in [4.78, 5) is 0. The Morgan fingerprint density at radius 2 is 2.20 bits per heavy atom. The predicted molar refractivity (Wildman–Crippen MR) is 43.7 cm³/mol. The number of rotatable bonds is 4. The maximum absolute atomic E-state index is 5.54. The molecule has 0 aromatic heterocycles. The van der Waals surface area contributed by atoms with Gasteiger partial charge in [0.2, 0.25) is 0 Å². The van der Waals surface area contributed by atoms with Crippen LogP contribution in [0.15, 0.2) is 11.9 Å². The van der Waals surface area contributed by atoms with Crippen molar-refractivity contribution in [3.05, 3.63) is 11.9 Å². The molecule has 3 nitrogen and oxygen atoms in total. The van der Waals surface area contributed by atoms with E-state index in [1.165, 1.54) is 0 Å². The first-order valence-electron chi connectivity index (χ1n) is 3.62. The summed E-state index contributed by atoms with van der Waals surface area (Å²) in [6, 6.07) is 0. The Bertz CT molecular complexity index is 105. The predicted octanol–water partition coefficient (Wildman–Crippen LogP) is 0.782. The van der Waals surface area contributed by atoms with Crippen molar-refractivity contribution in [1.29, 1.82) is 0 Å². The smallest absolute Gasteiger partial charge is 0.0340 e. The zero-order chi connectivity index (χ0) is 7.98. The van der Waals surface area contributed by atoms with Crippen molar-refractivity contribution in [1.82, 2.24) is 5.01 Å². The van der Waals surface area contributed by atoms with Gasteiger partial charge in [-0.05, 0) is 13.3 Å². The minimum Gasteiger partial charge on any atom is -0.401 e. The van der Waals surface area contributed by atoms with Crippen molar-refractivity contribution < 1.29 is 0 Å². The summed E-state index contributed by atoms with van der Waals surface area (Å²) in [5.41, 5.74) is 6.15. The Hall–Kier alpha value is -0.700. The average molecular weight is 143 g/mol. The van der Waals surface area contributed by atoms with Gasteiger partial charge in [-0.2, -0.15) is 0 Å². The fraction of sp³-hybridized carbons (Fsp3) is 0.714. The van der Waals surface area contributed by atoms with Crippen LogP contribution >= 0.6 is 0 Å². The van der Waals surface area contributed by atoms with Crippen molar-refractivity contribution in [2.75, 3.05) is 6.54 Å². The third-order valence-corrected chi connectivity index (χ3v) is 1.14. The second kappa shape index (κ2) is 5.11. The average Bonchev–Trinajstić information content (AvgIpc) is 1.82. The fourth-order valence-electron chi connectivity index (χ4n) is 0.667. The highest BCUT2D eigenvalue weighted by Gasteiger charge is 1.89. The van der Waals surface area contributed by atoms with Crippen LogP contribution in [0.4, 0.5) is 0 Å². The number of nitrogens with two attached hydrogens (primary N) is 2. The third kappa shape index (κ3) is 5.44. The largest absolute Gasteiger partial charge is 0.401 e. The summed E-state index contributed by atoms with van der Waals surface area (Å²) in [7, 11) is 0. The van der Waals surface area contributed by atoms with Crippen LogP contribution in [0.2, 0.25) is 0 Å². The molecule has 0 heterocycles. The highest BCUT2D eigenvalue weighted by molar-refractivity contribution is 4.89. The van der Waals surface area contributed by atoms with E-state index in [1.54, 1.807) is 11.2 Å². The van der Waals surface area contributed by atoms with E-state index in [9.17, 15) is 0 Å². The monoisotopic (exact) mass is 143 g/mol. The number of hydrazine groups is 1. The molecule has 0 rings (SSSR count). The molecule has 0 atom stereocenters. The summed E-state index contributed by atoms with van der Waals surface area (Å²) in [6.45, 7) is 4.84. The molecule has 10 heavy (non-hydrogen) atoms. The minimum absolute atomic E-state index is 0.749. The first-order chi connectivity index (χ1) is 4.66. The second-order valence-electron chi connectivity index (χ2n) is 2.46. The normalized spacial score (nSPS) is 11.7. The van der Waals surface area contributed by atoms with Crippen LogP contribution in [0.1, 0.15) is 26.7 Å². The zero-order valence-electron chi connectivity index (χ0n) is 6.80. The minimum atomic E-state index is 0.749. The second-order valence-corrected chi connectivity index (χ2v) is 2.46. The summed E-state index contributed by atoms with van der Waals surface area (Å²) in [5, 5.41) is 1.62. The van der Waals surface area contributed by atoms with Crippen LogP contribution in [0.5, 0.6) is 0 Å². The SMILES string of the molecule is CCCCN(N)/C=C(/C)N. The van der Waals surface area contributed by atoms with Crippen molar-refractivity contribution in [2.45, 2.75) is 26.7 Å². The number of allylic oxidation sites excluding steroid dienone is 1. The van der Waals surface area contributed by atoms with E-state index in [1.807, 2.05) is 6.92 Å². The summed E-state index contributed by atoms with van der Waals surface area (Å²) in [6.07, 6.45) is 4.01. The lowest BCUT2D eigenvalue weighted by molar-refractivity contribution is 0.381. The van der Waals surface area contributed by atoms with Crippen LogP contribution < -0.4 is 11.6 Å². The number of nitrogens with zero attached hydrogens (tertiary/aromatic N) is 1. The molecule has 0 aromatic rings. The molecule has 0 fully saturated rings. The highest BCUT2D eigenvalue weighted by Crippen LogP contribution is 1.90. The lowest BCUT2D eigenvalue weighted by Gasteiger charge is -2.12. The molecule has 3 heteroatoms. The molecule has 0 saturated carbocycles. The van der Waals surface area contributed by atoms with E-state index in [0.717, 1.165) is 25.1 Å². The van der Waals surface area contributed by atoms with Crippen LogP contribution in [0.25, 0.3) is 0 Å². The Balaban J connectivity index is 3.43. The van der Waals surface area contributed by atoms with Gasteiger partial charge in [0.15, 0.2) is 0 Å². The Morgan fingerprint density at radius 1 is 1.60 bits per heavy atom. The Morgan fingerprint density at radius 3 is 2.60 bits per heavy atom. The molecule has 0 spiro atoms. The van der Waals surface area contributed by atoms with Gasteiger partial charge in [-0.3, -0.25) is 0 Å². The maximum Gasteiger partial charge on any atom is 0.0340 e. The van der Waals surface area contributed by atoms with E-state index in [-0.39, 0.29) is 0 Å². The number of unbranched alkanes of at least 4 members (excludes halogenated alkanes) is 1. The molecule has 0 saturated heterocycles. The fourth-order valence-corrected chi connectivity index (χ4v) is 0.667. The van der Waals surface area contributed by atoms with E-state index in [4.69, 9.17) is 11.6 Å². The van der Waals surface area contributed by atoms with Gasteiger partial charge in [0.05, 0.1) is 0 Å². The van der Waals surface area contributed by atoms with Crippen LogP contribution in [-0.2, 0) is 0 Å². The topological polar surface area (TPSA) is 55.3 Å². The van der Waals surface area contributed by atoms with E-state index in [2.05, 4.69) is 6.92 Å². The molecule has 0 aliphatic carbocycles. The molecule has 60 valence electrons. The lowest BCUT2D eigenvalue weighted by atomic mass is 10.3. The molecular formula is C7H17N3. The van der Waals surface area contributed by atoms with Crippen molar-refractivity contribution >= 4 is 0 Å². The summed E-state index contributed by atoms with van der Waals surface area (Å²) >= 11 is 0. The summed E-state index contributed by atoms with van der Waals surface area (Å²) in [5.74, 6) is 5.54. The first kappa shape index (κ1) is 9.30. The van der Waals surface area contributed by atoms with Gasteiger partial charge in [0.25, 0.3) is 0 Å². The highest BCUT2D eigenvalue weighted by atomic mass is 15.4.